The van der Waals surface area contributed by atoms with Crippen molar-refractivity contribution in [3.05, 3.63) is 94.6 Å². The topological polar surface area (TPSA) is 91.5 Å². The molecule has 0 spiro atoms. The van der Waals surface area contributed by atoms with E-state index in [1.165, 1.54) is 7.11 Å². The monoisotopic (exact) mass is 574 g/mol. The van der Waals surface area contributed by atoms with E-state index in [9.17, 15) is 9.59 Å². The number of carbonyl (C=O) groups excluding carboxylic acids is 2. The van der Waals surface area contributed by atoms with Crippen LogP contribution in [0.1, 0.15) is 47.4 Å². The molecule has 1 aromatic heterocycles. The smallest absolute Gasteiger partial charge is 0.369 e. The highest BCUT2D eigenvalue weighted by molar-refractivity contribution is 6.30. The maximum Gasteiger partial charge on any atom is 0.369 e. The molecule has 4 rings (SSSR count). The van der Waals surface area contributed by atoms with Crippen LogP contribution in [0.15, 0.2) is 72.8 Å². The van der Waals surface area contributed by atoms with Crippen LogP contribution in [0.2, 0.25) is 5.02 Å². The number of nitrogens with zero attached hydrogens (tertiary/aromatic N) is 2. The molecule has 0 fully saturated rings. The zero-order chi connectivity index (χ0) is 29.6. The van der Waals surface area contributed by atoms with Crippen molar-refractivity contribution in [1.29, 1.82) is 0 Å². The maximum absolute atomic E-state index is 13.4. The Morgan fingerprint density at radius 2 is 1.80 bits per heavy atom. The molecule has 8 heteroatoms. The quantitative estimate of drug-likeness (QED) is 0.157. The molecule has 2 N–H and O–H groups in total. The van der Waals surface area contributed by atoms with E-state index < -0.39 is 17.9 Å². The van der Waals surface area contributed by atoms with E-state index in [1.807, 2.05) is 44.4 Å². The number of benzene rings is 3. The van der Waals surface area contributed by atoms with Crippen LogP contribution in [0.5, 0.6) is 5.88 Å². The van der Waals surface area contributed by atoms with Crippen LogP contribution in [0.3, 0.4) is 0 Å². The van der Waals surface area contributed by atoms with Crippen LogP contribution in [0.4, 0.5) is 0 Å². The minimum atomic E-state index is -0.722. The number of methoxy groups -OCH3 is 1. The number of aryl methyl sites for hydroxylation is 1. The molecule has 7 nitrogen and oxygen atoms in total. The molecule has 0 aliphatic rings. The molecule has 41 heavy (non-hydrogen) atoms. The van der Waals surface area contributed by atoms with Gasteiger partial charge in [-0.25, -0.2) is 9.78 Å². The summed E-state index contributed by atoms with van der Waals surface area (Å²) in [7, 11) is 5.29. The van der Waals surface area contributed by atoms with E-state index >= 15 is 0 Å². The lowest BCUT2D eigenvalue weighted by atomic mass is 9.91. The summed E-state index contributed by atoms with van der Waals surface area (Å²) >= 11 is 6.31. The Balaban J connectivity index is 1.67. The van der Waals surface area contributed by atoms with Crippen molar-refractivity contribution in [2.24, 2.45) is 5.73 Å². The Bertz CT molecular complexity index is 1550. The van der Waals surface area contributed by atoms with Gasteiger partial charge in [0.05, 0.1) is 21.2 Å². The number of carbonyl (C=O) groups is 2. The van der Waals surface area contributed by atoms with Crippen LogP contribution in [-0.4, -0.2) is 55.7 Å². The fourth-order valence-electron chi connectivity index (χ4n) is 5.08. The lowest BCUT2D eigenvalue weighted by molar-refractivity contribution is -0.912. The van der Waals surface area contributed by atoms with Gasteiger partial charge >= 0.3 is 5.97 Å². The van der Waals surface area contributed by atoms with Crippen molar-refractivity contribution in [2.45, 2.75) is 32.2 Å². The number of amides is 1. The van der Waals surface area contributed by atoms with Crippen molar-refractivity contribution < 1.29 is 23.5 Å². The molecule has 0 saturated heterocycles. The first kappa shape index (κ1) is 30.0. The minimum Gasteiger partial charge on any atom is -0.471 e. The first-order chi connectivity index (χ1) is 19.6. The average molecular weight is 575 g/mol. The molecule has 0 aliphatic carbocycles. The molecular weight excluding hydrogens is 538 g/mol. The Kier molecular flexibility index (Phi) is 9.63. The van der Waals surface area contributed by atoms with Crippen molar-refractivity contribution in [3.63, 3.8) is 0 Å². The van der Waals surface area contributed by atoms with Gasteiger partial charge < -0.3 is 19.7 Å². The van der Waals surface area contributed by atoms with Gasteiger partial charge in [0.25, 0.3) is 0 Å². The standard InChI is InChI=1S/C33H36ClN3O4/c1-5-6-13-26-20-23-10-7-8-14-27(23)32(36-26)41-18-17-37(2,3)30(33(39)40-4)28-16-15-24(31(35)38)21-29(28)22-11-9-12-25(34)19-22/h7-12,14-16,19-21,30H,5-6,13,17-18H2,1-4H3,(H-,35,38)/p+1/t30-/m1/s1. The number of halogens is 1. The number of hydrogen-bond acceptors (Lipinski definition) is 5. The third-order valence-electron chi connectivity index (χ3n) is 7.34. The largest absolute Gasteiger partial charge is 0.471 e. The summed E-state index contributed by atoms with van der Waals surface area (Å²) in [6, 6.07) is 21.8. The Morgan fingerprint density at radius 1 is 1.02 bits per heavy atom. The lowest BCUT2D eigenvalue weighted by Crippen LogP contribution is -2.49. The van der Waals surface area contributed by atoms with Gasteiger partial charge in [0.15, 0.2) is 0 Å². The van der Waals surface area contributed by atoms with E-state index in [-0.39, 0.29) is 4.48 Å². The number of quaternary nitrogens is 1. The second-order valence-corrected chi connectivity index (χ2v) is 11.1. The van der Waals surface area contributed by atoms with Crippen LogP contribution >= 0.6 is 11.6 Å². The zero-order valence-corrected chi connectivity index (χ0v) is 24.8. The summed E-state index contributed by atoms with van der Waals surface area (Å²) in [5.41, 5.74) is 9.08. The number of pyridine rings is 1. The number of nitrogens with two attached hydrogens (primary N) is 1. The fraction of sp³-hybridized carbons (Fsp3) is 0.303. The summed E-state index contributed by atoms with van der Waals surface area (Å²) in [5.74, 6) is -0.373. The van der Waals surface area contributed by atoms with E-state index in [0.717, 1.165) is 41.3 Å². The number of aromatic nitrogens is 1. The number of esters is 1. The van der Waals surface area contributed by atoms with E-state index in [1.54, 1.807) is 30.3 Å². The molecule has 0 aliphatic heterocycles. The molecule has 3 aromatic carbocycles. The molecule has 4 aromatic rings. The molecular formula is C33H37ClN3O4+. The summed E-state index contributed by atoms with van der Waals surface area (Å²) in [4.78, 5) is 30.2. The van der Waals surface area contributed by atoms with Crippen LogP contribution in [0.25, 0.3) is 21.9 Å². The van der Waals surface area contributed by atoms with Crippen LogP contribution in [-0.2, 0) is 16.0 Å². The van der Waals surface area contributed by atoms with Crippen LogP contribution < -0.4 is 10.5 Å². The van der Waals surface area contributed by atoms with Crippen molar-refractivity contribution >= 4 is 34.2 Å². The lowest BCUT2D eigenvalue weighted by Gasteiger charge is -2.37. The molecule has 0 radical (unpaired) electrons. The molecule has 0 saturated carbocycles. The van der Waals surface area contributed by atoms with Gasteiger partial charge in [-0.2, -0.15) is 0 Å². The number of rotatable bonds is 12. The second-order valence-electron chi connectivity index (χ2n) is 10.7. The fourth-order valence-corrected chi connectivity index (χ4v) is 5.27. The molecule has 1 heterocycles. The first-order valence-electron chi connectivity index (χ1n) is 13.8. The van der Waals surface area contributed by atoms with E-state index in [2.05, 4.69) is 19.1 Å². The van der Waals surface area contributed by atoms with E-state index in [4.69, 9.17) is 31.8 Å². The first-order valence-corrected chi connectivity index (χ1v) is 14.1. The van der Waals surface area contributed by atoms with Crippen molar-refractivity contribution in [2.75, 3.05) is 34.4 Å². The van der Waals surface area contributed by atoms with Gasteiger partial charge in [-0.1, -0.05) is 61.3 Å². The zero-order valence-electron chi connectivity index (χ0n) is 24.0. The predicted octanol–water partition coefficient (Wildman–Crippen LogP) is 6.37. The summed E-state index contributed by atoms with van der Waals surface area (Å²) < 4.78 is 11.8. The third kappa shape index (κ3) is 7.04. The Hall–Kier alpha value is -3.94. The summed E-state index contributed by atoms with van der Waals surface area (Å²) in [6.45, 7) is 2.96. The number of hydrogen-bond donors (Lipinski definition) is 1. The Labute approximate surface area is 246 Å². The van der Waals surface area contributed by atoms with Crippen molar-refractivity contribution in [1.82, 2.24) is 4.98 Å². The van der Waals surface area contributed by atoms with E-state index in [0.29, 0.717) is 40.7 Å². The third-order valence-corrected chi connectivity index (χ3v) is 7.58. The number of primary amides is 1. The highest BCUT2D eigenvalue weighted by Crippen LogP contribution is 2.36. The highest BCUT2D eigenvalue weighted by Gasteiger charge is 2.39. The molecule has 1 amide bonds. The number of fused-ring (bicyclic) bond motifs is 1. The predicted molar refractivity (Wildman–Crippen MR) is 163 cm³/mol. The van der Waals surface area contributed by atoms with Gasteiger partial charge in [0.2, 0.25) is 17.8 Å². The number of ether oxygens (including phenoxy) is 2. The molecule has 0 unspecified atom stereocenters. The Morgan fingerprint density at radius 3 is 2.51 bits per heavy atom. The average Bonchev–Trinajstić information content (AvgIpc) is 2.95. The molecule has 0 bridgehead atoms. The number of likely N-dealkylation sites (N-methyl/N-ethyl adjacent to an activating group) is 1. The summed E-state index contributed by atoms with van der Waals surface area (Å²) in [6.07, 6.45) is 3.03. The highest BCUT2D eigenvalue weighted by atomic mass is 35.5. The normalized spacial score (nSPS) is 12.2. The molecule has 214 valence electrons. The van der Waals surface area contributed by atoms with Crippen LogP contribution in [0, 0.1) is 0 Å². The summed E-state index contributed by atoms with van der Waals surface area (Å²) in [5, 5.41) is 2.58. The van der Waals surface area contributed by atoms with Gasteiger partial charge in [-0.15, -0.1) is 0 Å². The maximum atomic E-state index is 13.4. The van der Waals surface area contributed by atoms with Gasteiger partial charge in [-0.3, -0.25) is 4.79 Å². The number of unbranched alkanes of at least 4 members (excludes halogenated alkanes) is 1. The minimum absolute atomic E-state index is 0.226. The SMILES string of the molecule is CCCCc1cc2ccccc2c(OCC[N+](C)(C)[C@@H](C(=O)OC)c2ccc(C(N)=O)cc2-c2cccc(Cl)c2)n1. The molecule has 1 atom stereocenters. The second kappa shape index (κ2) is 13.1. The van der Waals surface area contributed by atoms with Crippen molar-refractivity contribution in [3.8, 4) is 17.0 Å². The van der Waals surface area contributed by atoms with Gasteiger partial charge in [0.1, 0.15) is 13.2 Å². The van der Waals surface area contributed by atoms with Gasteiger partial charge in [0, 0.05) is 27.2 Å². The van der Waals surface area contributed by atoms with Gasteiger partial charge in [-0.05, 0) is 65.8 Å².